The van der Waals surface area contributed by atoms with E-state index in [0.717, 1.165) is 27.5 Å². The number of aryl methyl sites for hydroxylation is 3. The molecule has 0 amide bonds. The van der Waals surface area contributed by atoms with Gasteiger partial charge in [0.2, 0.25) is 9.84 Å². The molecular weight excluding hydrogens is 426 g/mol. The van der Waals surface area contributed by atoms with E-state index in [1.54, 1.807) is 42.4 Å². The fraction of sp³-hybridized carbons (Fsp3) is 0.167. The second-order valence-electron chi connectivity index (χ2n) is 7.52. The van der Waals surface area contributed by atoms with Crippen LogP contribution in [-0.4, -0.2) is 23.2 Å². The molecule has 0 spiro atoms. The van der Waals surface area contributed by atoms with E-state index in [2.05, 4.69) is 42.2 Å². The summed E-state index contributed by atoms with van der Waals surface area (Å²) in [5.41, 5.74) is 5.47. The van der Waals surface area contributed by atoms with Gasteiger partial charge in [0.05, 0.1) is 15.5 Å². The van der Waals surface area contributed by atoms with Crippen molar-refractivity contribution >= 4 is 21.6 Å². The number of hydrogen-bond donors (Lipinski definition) is 0. The van der Waals surface area contributed by atoms with E-state index in [0.29, 0.717) is 15.5 Å². The highest BCUT2D eigenvalue weighted by Gasteiger charge is 2.17. The molecule has 158 valence electrons. The van der Waals surface area contributed by atoms with Crippen LogP contribution in [-0.2, 0) is 15.6 Å². The molecule has 0 atom stereocenters. The summed E-state index contributed by atoms with van der Waals surface area (Å²) in [6, 6.07) is 20.2. The van der Waals surface area contributed by atoms with Crippen molar-refractivity contribution in [3.8, 4) is 5.69 Å². The van der Waals surface area contributed by atoms with Crippen molar-refractivity contribution in [3.05, 3.63) is 95.3 Å². The molecule has 3 aromatic carbocycles. The number of thioether (sulfide) groups is 1. The maximum Gasteiger partial charge on any atom is 0.206 e. The van der Waals surface area contributed by atoms with E-state index in [1.807, 2.05) is 35.8 Å². The molecule has 0 aliphatic rings. The second-order valence-corrected chi connectivity index (χ2v) is 10.4. The van der Waals surface area contributed by atoms with Crippen molar-refractivity contribution in [2.45, 2.75) is 41.5 Å². The normalized spacial score (nSPS) is 11.6. The lowest BCUT2D eigenvalue weighted by Gasteiger charge is -2.10. The van der Waals surface area contributed by atoms with Crippen molar-refractivity contribution < 1.29 is 8.42 Å². The molecule has 0 aliphatic heterocycles. The van der Waals surface area contributed by atoms with Crippen LogP contribution in [0.5, 0.6) is 0 Å². The van der Waals surface area contributed by atoms with Crippen LogP contribution in [0, 0.1) is 20.8 Å². The standard InChI is InChI=1S/C24H23N3O2S2/c1-17-4-9-21(10-5-17)31(28,29)22-11-7-20(8-12-22)15-30-24-26-25-16-27(24)23-13-6-18(2)14-19(23)3/h4-14,16H,15H2,1-3H3. The molecule has 0 saturated carbocycles. The van der Waals surface area contributed by atoms with Crippen molar-refractivity contribution in [3.63, 3.8) is 0 Å². The van der Waals surface area contributed by atoms with Crippen molar-refractivity contribution in [2.24, 2.45) is 0 Å². The minimum atomic E-state index is -3.51. The Hall–Kier alpha value is -2.90. The summed E-state index contributed by atoms with van der Waals surface area (Å²) in [5.74, 6) is 0.661. The van der Waals surface area contributed by atoms with Crippen LogP contribution < -0.4 is 0 Å². The van der Waals surface area contributed by atoms with Crippen LogP contribution in [0.3, 0.4) is 0 Å². The van der Waals surface area contributed by atoms with Gasteiger partial charge in [-0.1, -0.05) is 59.3 Å². The molecule has 0 saturated heterocycles. The van der Waals surface area contributed by atoms with Gasteiger partial charge in [-0.15, -0.1) is 10.2 Å². The van der Waals surface area contributed by atoms with E-state index in [9.17, 15) is 8.42 Å². The molecular formula is C24H23N3O2S2. The first-order chi connectivity index (χ1) is 14.8. The molecule has 0 bridgehead atoms. The molecule has 0 N–H and O–H groups in total. The van der Waals surface area contributed by atoms with E-state index in [-0.39, 0.29) is 0 Å². The lowest BCUT2D eigenvalue weighted by Crippen LogP contribution is -2.02. The van der Waals surface area contributed by atoms with Gasteiger partial charge >= 0.3 is 0 Å². The molecule has 31 heavy (non-hydrogen) atoms. The Labute approximate surface area is 187 Å². The van der Waals surface area contributed by atoms with E-state index < -0.39 is 9.84 Å². The Morgan fingerprint density at radius 2 is 1.45 bits per heavy atom. The first kappa shape index (κ1) is 21.3. The molecule has 0 fully saturated rings. The SMILES string of the molecule is Cc1ccc(S(=O)(=O)c2ccc(CSc3nncn3-c3ccc(C)cc3C)cc2)cc1. The summed E-state index contributed by atoms with van der Waals surface area (Å²) in [7, 11) is -3.51. The first-order valence-electron chi connectivity index (χ1n) is 9.86. The van der Waals surface area contributed by atoms with Gasteiger partial charge in [-0.05, 0) is 62.2 Å². The Kier molecular flexibility index (Phi) is 5.98. The number of aromatic nitrogens is 3. The average Bonchev–Trinajstić information content (AvgIpc) is 3.21. The van der Waals surface area contributed by atoms with E-state index in [4.69, 9.17) is 0 Å². The monoisotopic (exact) mass is 449 g/mol. The fourth-order valence-corrected chi connectivity index (χ4v) is 5.47. The maximum absolute atomic E-state index is 12.8. The highest BCUT2D eigenvalue weighted by Crippen LogP contribution is 2.27. The number of nitrogens with zero attached hydrogens (tertiary/aromatic N) is 3. The number of hydrogen-bond acceptors (Lipinski definition) is 5. The second kappa shape index (κ2) is 8.69. The van der Waals surface area contributed by atoms with Gasteiger partial charge in [-0.3, -0.25) is 4.57 Å². The Morgan fingerprint density at radius 3 is 2.10 bits per heavy atom. The van der Waals surface area contributed by atoms with Crippen LogP contribution in [0.15, 0.2) is 88.0 Å². The van der Waals surface area contributed by atoms with Gasteiger partial charge in [0.1, 0.15) is 6.33 Å². The third kappa shape index (κ3) is 4.57. The Morgan fingerprint density at radius 1 is 0.839 bits per heavy atom. The van der Waals surface area contributed by atoms with Gasteiger partial charge in [-0.2, -0.15) is 0 Å². The lowest BCUT2D eigenvalue weighted by molar-refractivity contribution is 0.596. The summed E-state index contributed by atoms with van der Waals surface area (Å²) in [6.45, 7) is 6.08. The zero-order valence-electron chi connectivity index (χ0n) is 17.6. The van der Waals surface area contributed by atoms with Crippen molar-refractivity contribution in [1.82, 2.24) is 14.8 Å². The van der Waals surface area contributed by atoms with Gasteiger partial charge in [0.15, 0.2) is 5.16 Å². The summed E-state index contributed by atoms with van der Waals surface area (Å²) < 4.78 is 27.6. The van der Waals surface area contributed by atoms with E-state index in [1.165, 1.54) is 5.56 Å². The quantitative estimate of drug-likeness (QED) is 0.373. The molecule has 0 unspecified atom stereocenters. The molecule has 5 nitrogen and oxygen atoms in total. The van der Waals surface area contributed by atoms with Crippen LogP contribution in [0.4, 0.5) is 0 Å². The molecule has 0 aliphatic carbocycles. The zero-order valence-corrected chi connectivity index (χ0v) is 19.2. The third-order valence-electron chi connectivity index (χ3n) is 5.06. The predicted octanol–water partition coefficient (Wildman–Crippen LogP) is 5.32. The molecule has 1 heterocycles. The minimum Gasteiger partial charge on any atom is -0.276 e. The summed E-state index contributed by atoms with van der Waals surface area (Å²) in [6.07, 6.45) is 1.72. The average molecular weight is 450 g/mol. The van der Waals surface area contributed by atoms with Gasteiger partial charge in [0, 0.05) is 5.75 Å². The van der Waals surface area contributed by atoms with Crippen LogP contribution in [0.25, 0.3) is 5.69 Å². The zero-order chi connectivity index (χ0) is 22.0. The lowest BCUT2D eigenvalue weighted by atomic mass is 10.1. The number of sulfone groups is 1. The number of rotatable bonds is 6. The maximum atomic E-state index is 12.8. The van der Waals surface area contributed by atoms with Crippen LogP contribution in [0.1, 0.15) is 22.3 Å². The highest BCUT2D eigenvalue weighted by atomic mass is 32.2. The van der Waals surface area contributed by atoms with Gasteiger partial charge in [-0.25, -0.2) is 8.42 Å². The molecule has 7 heteroatoms. The van der Waals surface area contributed by atoms with Crippen LogP contribution >= 0.6 is 11.8 Å². The van der Waals surface area contributed by atoms with Crippen molar-refractivity contribution in [2.75, 3.05) is 0 Å². The first-order valence-corrected chi connectivity index (χ1v) is 12.3. The summed E-state index contributed by atoms with van der Waals surface area (Å²) in [4.78, 5) is 0.602. The van der Waals surface area contributed by atoms with Crippen LogP contribution in [0.2, 0.25) is 0 Å². The minimum absolute atomic E-state index is 0.295. The molecule has 4 rings (SSSR count). The third-order valence-corrected chi connectivity index (χ3v) is 7.86. The molecule has 0 radical (unpaired) electrons. The topological polar surface area (TPSA) is 64.8 Å². The largest absolute Gasteiger partial charge is 0.276 e. The summed E-state index contributed by atoms with van der Waals surface area (Å²) >= 11 is 1.57. The summed E-state index contributed by atoms with van der Waals surface area (Å²) in [5, 5.41) is 9.12. The Balaban J connectivity index is 1.50. The molecule has 4 aromatic rings. The number of benzene rings is 3. The van der Waals surface area contributed by atoms with Crippen molar-refractivity contribution in [1.29, 1.82) is 0 Å². The van der Waals surface area contributed by atoms with Gasteiger partial charge in [0.25, 0.3) is 0 Å². The highest BCUT2D eigenvalue weighted by molar-refractivity contribution is 7.98. The Bertz CT molecular complexity index is 1310. The van der Waals surface area contributed by atoms with E-state index >= 15 is 0 Å². The molecule has 1 aromatic heterocycles. The fourth-order valence-electron chi connectivity index (χ4n) is 3.33. The predicted molar refractivity (Wildman–Crippen MR) is 123 cm³/mol. The van der Waals surface area contributed by atoms with Gasteiger partial charge < -0.3 is 0 Å². The smallest absolute Gasteiger partial charge is 0.206 e.